The first-order valence-corrected chi connectivity index (χ1v) is 6.33. The third kappa shape index (κ3) is 4.34. The molecule has 1 aromatic carbocycles. The third-order valence-corrected chi connectivity index (χ3v) is 2.67. The molecule has 0 aliphatic carbocycles. The van der Waals surface area contributed by atoms with E-state index in [0.29, 0.717) is 11.4 Å². The molecule has 2 aromatic rings. The summed E-state index contributed by atoms with van der Waals surface area (Å²) in [5, 5.41) is 17.8. The van der Waals surface area contributed by atoms with Crippen LogP contribution in [0.2, 0.25) is 0 Å². The molecule has 0 aliphatic heterocycles. The maximum atomic E-state index is 11.9. The molecule has 0 saturated carbocycles. The summed E-state index contributed by atoms with van der Waals surface area (Å²) in [6.45, 7) is 3.65. The van der Waals surface area contributed by atoms with E-state index in [0.717, 1.165) is 11.1 Å². The van der Waals surface area contributed by atoms with Crippen LogP contribution in [0.4, 0.5) is 16.2 Å². The van der Waals surface area contributed by atoms with Gasteiger partial charge in [0.25, 0.3) is 0 Å². The van der Waals surface area contributed by atoms with Gasteiger partial charge in [-0.1, -0.05) is 6.07 Å². The number of carbonyl (C=O) groups is 2. The van der Waals surface area contributed by atoms with E-state index in [9.17, 15) is 9.59 Å². The summed E-state index contributed by atoms with van der Waals surface area (Å²) in [4.78, 5) is 22.4. The molecule has 1 aromatic heterocycles. The third-order valence-electron chi connectivity index (χ3n) is 2.67. The van der Waals surface area contributed by atoms with Crippen molar-refractivity contribution in [3.63, 3.8) is 0 Å². The van der Waals surface area contributed by atoms with Crippen molar-refractivity contribution in [2.24, 2.45) is 0 Å². The second kappa shape index (κ2) is 6.08. The topological polar surface area (TPSA) is 96.3 Å². The van der Waals surface area contributed by atoms with E-state index in [-0.39, 0.29) is 6.54 Å². The molecule has 110 valence electrons. The Morgan fingerprint density at radius 3 is 2.38 bits per heavy atom. The molecule has 2 amide bonds. The molecule has 3 N–H and O–H groups in total. The lowest BCUT2D eigenvalue weighted by atomic mass is 10.1. The Morgan fingerprint density at radius 1 is 1.14 bits per heavy atom. The predicted octanol–water partition coefficient (Wildman–Crippen LogP) is 2.23. The number of nitrogens with zero attached hydrogens (tertiary/aromatic N) is 2. The van der Waals surface area contributed by atoms with E-state index in [4.69, 9.17) is 5.11 Å². The molecule has 7 nitrogen and oxygen atoms in total. The molecule has 1 heterocycles. The van der Waals surface area contributed by atoms with E-state index in [1.807, 2.05) is 32.0 Å². The van der Waals surface area contributed by atoms with Crippen molar-refractivity contribution in [3.05, 3.63) is 41.7 Å². The van der Waals surface area contributed by atoms with Gasteiger partial charge < -0.3 is 15.7 Å². The zero-order valence-corrected chi connectivity index (χ0v) is 11.8. The second-order valence-corrected chi connectivity index (χ2v) is 4.78. The maximum Gasteiger partial charge on any atom is 0.325 e. The molecule has 0 aliphatic rings. The Kier molecular flexibility index (Phi) is 4.22. The van der Waals surface area contributed by atoms with Crippen LogP contribution >= 0.6 is 0 Å². The fraction of sp³-hybridized carbons (Fsp3) is 0.214. The van der Waals surface area contributed by atoms with Gasteiger partial charge in [0.05, 0.1) is 11.9 Å². The number of rotatable bonds is 4. The van der Waals surface area contributed by atoms with Gasteiger partial charge in [-0.2, -0.15) is 5.10 Å². The number of carboxylic acid groups (broad SMARTS) is 1. The molecule has 0 atom stereocenters. The fourth-order valence-corrected chi connectivity index (χ4v) is 1.99. The van der Waals surface area contributed by atoms with Crippen LogP contribution in [0.15, 0.2) is 30.6 Å². The maximum absolute atomic E-state index is 11.9. The van der Waals surface area contributed by atoms with Crippen molar-refractivity contribution in [1.82, 2.24) is 9.78 Å². The molecular weight excluding hydrogens is 272 g/mol. The van der Waals surface area contributed by atoms with Gasteiger partial charge in [-0.25, -0.2) is 4.79 Å². The average Bonchev–Trinajstić information content (AvgIpc) is 2.73. The average molecular weight is 288 g/mol. The van der Waals surface area contributed by atoms with Crippen LogP contribution in [0.3, 0.4) is 0 Å². The first-order chi connectivity index (χ1) is 9.92. The van der Waals surface area contributed by atoms with Gasteiger partial charge in [0, 0.05) is 11.9 Å². The minimum Gasteiger partial charge on any atom is -0.480 e. The number of carbonyl (C=O) groups excluding carboxylic acids is 1. The van der Waals surface area contributed by atoms with Gasteiger partial charge >= 0.3 is 12.0 Å². The van der Waals surface area contributed by atoms with Crippen LogP contribution in [-0.2, 0) is 11.3 Å². The van der Waals surface area contributed by atoms with Crippen molar-refractivity contribution < 1.29 is 14.7 Å². The van der Waals surface area contributed by atoms with Crippen molar-refractivity contribution >= 4 is 23.4 Å². The van der Waals surface area contributed by atoms with Crippen LogP contribution < -0.4 is 10.6 Å². The summed E-state index contributed by atoms with van der Waals surface area (Å²) in [5.74, 6) is -0.996. The van der Waals surface area contributed by atoms with Gasteiger partial charge in [0.2, 0.25) is 0 Å². The number of amides is 2. The highest BCUT2D eigenvalue weighted by molar-refractivity contribution is 5.99. The zero-order chi connectivity index (χ0) is 15.4. The number of aryl methyl sites for hydroxylation is 2. The van der Waals surface area contributed by atoms with Gasteiger partial charge in [0.1, 0.15) is 6.54 Å². The minimum atomic E-state index is -0.996. The van der Waals surface area contributed by atoms with E-state index >= 15 is 0 Å². The standard InChI is InChI=1S/C14H16N4O3/c1-9-3-10(2)5-11(4-9)16-14(21)17-12-6-15-18(7-12)8-13(19)20/h3-7H,8H2,1-2H3,(H,19,20)(H2,16,17,21). The minimum absolute atomic E-state index is 0.250. The summed E-state index contributed by atoms with van der Waals surface area (Å²) < 4.78 is 1.23. The number of hydrogen-bond acceptors (Lipinski definition) is 3. The van der Waals surface area contributed by atoms with Crippen molar-refractivity contribution in [2.45, 2.75) is 20.4 Å². The number of carboxylic acids is 1. The Hall–Kier alpha value is -2.83. The monoisotopic (exact) mass is 288 g/mol. The predicted molar refractivity (Wildman–Crippen MR) is 78.4 cm³/mol. The summed E-state index contributed by atoms with van der Waals surface area (Å²) in [6.07, 6.45) is 2.85. The number of aromatic nitrogens is 2. The lowest BCUT2D eigenvalue weighted by Gasteiger charge is -2.07. The molecule has 0 fully saturated rings. The Morgan fingerprint density at radius 2 is 1.76 bits per heavy atom. The largest absolute Gasteiger partial charge is 0.480 e. The fourth-order valence-electron chi connectivity index (χ4n) is 1.99. The van der Waals surface area contributed by atoms with E-state index < -0.39 is 12.0 Å². The first-order valence-electron chi connectivity index (χ1n) is 6.33. The number of urea groups is 1. The van der Waals surface area contributed by atoms with E-state index in [2.05, 4.69) is 15.7 Å². The summed E-state index contributed by atoms with van der Waals surface area (Å²) in [5.41, 5.74) is 3.24. The Bertz CT molecular complexity index is 658. The van der Waals surface area contributed by atoms with Crippen LogP contribution in [-0.4, -0.2) is 26.9 Å². The zero-order valence-electron chi connectivity index (χ0n) is 11.8. The first kappa shape index (κ1) is 14.6. The van der Waals surface area contributed by atoms with Crippen LogP contribution in [0.5, 0.6) is 0 Å². The Balaban J connectivity index is 1.98. The number of nitrogens with one attached hydrogen (secondary N) is 2. The lowest BCUT2D eigenvalue weighted by molar-refractivity contribution is -0.137. The molecule has 0 bridgehead atoms. The van der Waals surface area contributed by atoms with Crippen molar-refractivity contribution in [1.29, 1.82) is 0 Å². The molecule has 0 saturated heterocycles. The van der Waals surface area contributed by atoms with Gasteiger partial charge in [-0.15, -0.1) is 0 Å². The number of hydrogen-bond donors (Lipinski definition) is 3. The van der Waals surface area contributed by atoms with Gasteiger partial charge in [0.15, 0.2) is 0 Å². The van der Waals surface area contributed by atoms with E-state index in [1.54, 1.807) is 0 Å². The SMILES string of the molecule is Cc1cc(C)cc(NC(=O)Nc2cnn(CC(=O)O)c2)c1. The van der Waals surface area contributed by atoms with Crippen LogP contribution in [0.25, 0.3) is 0 Å². The molecule has 2 rings (SSSR count). The molecule has 0 radical (unpaired) electrons. The highest BCUT2D eigenvalue weighted by Crippen LogP contribution is 2.14. The number of aliphatic carboxylic acids is 1. The van der Waals surface area contributed by atoms with Crippen LogP contribution in [0, 0.1) is 13.8 Å². The molecule has 21 heavy (non-hydrogen) atoms. The summed E-state index contributed by atoms with van der Waals surface area (Å²) in [7, 11) is 0. The molecule has 0 spiro atoms. The highest BCUT2D eigenvalue weighted by Gasteiger charge is 2.07. The summed E-state index contributed by atoms with van der Waals surface area (Å²) >= 11 is 0. The number of benzene rings is 1. The molecule has 0 unspecified atom stereocenters. The molecular formula is C14H16N4O3. The van der Waals surface area contributed by atoms with Gasteiger partial charge in [-0.3, -0.25) is 9.48 Å². The lowest BCUT2D eigenvalue weighted by Crippen LogP contribution is -2.19. The number of anilines is 2. The van der Waals surface area contributed by atoms with Crippen LogP contribution in [0.1, 0.15) is 11.1 Å². The van der Waals surface area contributed by atoms with Crippen molar-refractivity contribution in [2.75, 3.05) is 10.6 Å². The Labute approximate surface area is 121 Å². The quantitative estimate of drug-likeness (QED) is 0.803. The second-order valence-electron chi connectivity index (χ2n) is 4.78. The molecule has 7 heteroatoms. The van der Waals surface area contributed by atoms with E-state index in [1.165, 1.54) is 17.1 Å². The van der Waals surface area contributed by atoms with Gasteiger partial charge in [-0.05, 0) is 37.1 Å². The van der Waals surface area contributed by atoms with Crippen molar-refractivity contribution in [3.8, 4) is 0 Å². The normalized spacial score (nSPS) is 10.2. The summed E-state index contributed by atoms with van der Waals surface area (Å²) in [6, 6.07) is 5.33. The highest BCUT2D eigenvalue weighted by atomic mass is 16.4. The smallest absolute Gasteiger partial charge is 0.325 e.